The lowest BCUT2D eigenvalue weighted by Crippen LogP contribution is -2.54. The van der Waals surface area contributed by atoms with E-state index < -0.39 is 52.3 Å². The van der Waals surface area contributed by atoms with Crippen molar-refractivity contribution in [2.45, 2.75) is 70.2 Å². The van der Waals surface area contributed by atoms with E-state index in [1.54, 1.807) is 49.1 Å². The summed E-state index contributed by atoms with van der Waals surface area (Å²) in [6.45, 7) is 4.93. The van der Waals surface area contributed by atoms with Crippen molar-refractivity contribution in [2.24, 2.45) is 5.92 Å². The highest BCUT2D eigenvalue weighted by molar-refractivity contribution is 7.88. The highest BCUT2D eigenvalue weighted by Crippen LogP contribution is 2.21. The molecule has 2 aliphatic heterocycles. The van der Waals surface area contributed by atoms with Gasteiger partial charge in [-0.1, -0.05) is 48.5 Å². The van der Waals surface area contributed by atoms with Gasteiger partial charge in [0.05, 0.1) is 11.8 Å². The van der Waals surface area contributed by atoms with Gasteiger partial charge < -0.3 is 24.6 Å². The standard InChI is InChI=1S/C34H46N6O8S/c1-23(47-32(43)27-13-8-5-9-14-27)24(2)48-34(44)37-33(35)39-19-16-26(17-20-39)22-36-30(41)29-15-10-18-40(29)31(42)28(38-49(3,45)46)21-25-11-6-4-7-12-25/h4-9,11-14,23-24,26,28-29,38H,10,15-22H2,1-3H3,(H,36,41)(H2,35,37,44)/t23?,24?,28-,29+/m1/s1. The Hall–Kier alpha value is -4.50. The lowest BCUT2D eigenvalue weighted by molar-refractivity contribution is -0.139. The number of esters is 1. The predicted molar refractivity (Wildman–Crippen MR) is 182 cm³/mol. The van der Waals surface area contributed by atoms with Crippen LogP contribution in [0.4, 0.5) is 4.79 Å². The Balaban J connectivity index is 1.20. The minimum Gasteiger partial charge on any atom is -0.455 e. The monoisotopic (exact) mass is 698 g/mol. The maximum Gasteiger partial charge on any atom is 0.414 e. The topological polar surface area (TPSA) is 187 Å². The summed E-state index contributed by atoms with van der Waals surface area (Å²) < 4.78 is 37.3. The average Bonchev–Trinajstić information content (AvgIpc) is 3.57. The number of hydrogen-bond donors (Lipinski definition) is 4. The van der Waals surface area contributed by atoms with Crippen LogP contribution in [0.5, 0.6) is 0 Å². The molecule has 4 atom stereocenters. The second-order valence-corrected chi connectivity index (χ2v) is 14.3. The molecule has 0 aromatic heterocycles. The quantitative estimate of drug-likeness (QED) is 0.147. The van der Waals surface area contributed by atoms with Crippen molar-refractivity contribution >= 4 is 39.9 Å². The van der Waals surface area contributed by atoms with Crippen LogP contribution in [0.25, 0.3) is 0 Å². The number of alkyl carbamates (subject to hydrolysis) is 1. The van der Waals surface area contributed by atoms with E-state index in [1.807, 2.05) is 30.3 Å². The van der Waals surface area contributed by atoms with Crippen molar-refractivity contribution in [1.82, 2.24) is 25.2 Å². The highest BCUT2D eigenvalue weighted by Gasteiger charge is 2.38. The number of guanidine groups is 1. The third kappa shape index (κ3) is 11.3. The van der Waals surface area contributed by atoms with Crippen LogP contribution in [0.2, 0.25) is 0 Å². The Bertz CT molecular complexity index is 1570. The Kier molecular flexibility index (Phi) is 13.1. The number of hydrogen-bond acceptors (Lipinski definition) is 9. The molecule has 0 spiro atoms. The van der Waals surface area contributed by atoms with Crippen molar-refractivity contribution in [1.29, 1.82) is 5.41 Å². The molecule has 14 nitrogen and oxygen atoms in total. The first kappa shape index (κ1) is 37.3. The molecule has 2 heterocycles. The molecule has 4 N–H and O–H groups in total. The number of likely N-dealkylation sites (tertiary alicyclic amines) is 2. The largest absolute Gasteiger partial charge is 0.455 e. The summed E-state index contributed by atoms with van der Waals surface area (Å²) >= 11 is 0. The summed E-state index contributed by atoms with van der Waals surface area (Å²) in [7, 11) is -3.68. The Labute approximate surface area is 287 Å². The maximum atomic E-state index is 13.5. The number of amides is 3. The normalized spacial score (nSPS) is 18.6. The van der Waals surface area contributed by atoms with Gasteiger partial charge in [0.25, 0.3) is 0 Å². The summed E-state index contributed by atoms with van der Waals surface area (Å²) in [5, 5.41) is 13.8. The molecule has 2 saturated heterocycles. The van der Waals surface area contributed by atoms with E-state index in [9.17, 15) is 27.6 Å². The minimum absolute atomic E-state index is 0.110. The van der Waals surface area contributed by atoms with Crippen LogP contribution < -0.4 is 15.4 Å². The van der Waals surface area contributed by atoms with E-state index in [1.165, 1.54) is 4.90 Å². The van der Waals surface area contributed by atoms with Gasteiger partial charge in [-0.15, -0.1) is 0 Å². The molecule has 49 heavy (non-hydrogen) atoms. The van der Waals surface area contributed by atoms with Crippen molar-refractivity contribution in [3.05, 3.63) is 71.8 Å². The predicted octanol–water partition coefficient (Wildman–Crippen LogP) is 2.26. The summed E-state index contributed by atoms with van der Waals surface area (Å²) in [4.78, 5) is 54.7. The number of nitrogens with one attached hydrogen (secondary N) is 4. The van der Waals surface area contributed by atoms with Crippen LogP contribution in [0, 0.1) is 11.3 Å². The molecule has 2 aliphatic rings. The Morgan fingerprint density at radius 2 is 1.51 bits per heavy atom. The molecule has 2 fully saturated rings. The van der Waals surface area contributed by atoms with Crippen molar-refractivity contribution < 1.29 is 37.1 Å². The number of sulfonamides is 1. The molecule has 4 rings (SSSR count). The fourth-order valence-corrected chi connectivity index (χ4v) is 6.59. The zero-order valence-corrected chi connectivity index (χ0v) is 28.9. The zero-order chi connectivity index (χ0) is 35.6. The molecule has 266 valence electrons. The number of rotatable bonds is 12. The second kappa shape index (κ2) is 17.2. The van der Waals surface area contributed by atoms with Crippen molar-refractivity contribution in [3.63, 3.8) is 0 Å². The van der Waals surface area contributed by atoms with E-state index >= 15 is 0 Å². The fourth-order valence-electron chi connectivity index (χ4n) is 5.89. The molecule has 0 saturated carbocycles. The lowest BCUT2D eigenvalue weighted by atomic mass is 9.97. The van der Waals surface area contributed by atoms with Gasteiger partial charge in [-0.2, -0.15) is 0 Å². The molecule has 15 heteroatoms. The highest BCUT2D eigenvalue weighted by atomic mass is 32.2. The number of nitrogens with zero attached hydrogens (tertiary/aromatic N) is 2. The molecule has 0 bridgehead atoms. The van der Waals surface area contributed by atoms with Crippen LogP contribution in [0.1, 0.15) is 55.5 Å². The first-order valence-electron chi connectivity index (χ1n) is 16.5. The molecule has 2 aromatic rings. The van der Waals surface area contributed by atoms with Crippen LogP contribution in [-0.4, -0.2) is 105 Å². The molecule has 2 aromatic carbocycles. The average molecular weight is 699 g/mol. The molecular formula is C34H46N6O8S. The van der Waals surface area contributed by atoms with Crippen molar-refractivity contribution in [2.75, 3.05) is 32.4 Å². The van der Waals surface area contributed by atoms with Crippen LogP contribution in [0.15, 0.2) is 60.7 Å². The first-order chi connectivity index (χ1) is 23.3. The van der Waals surface area contributed by atoms with Gasteiger partial charge in [0.15, 0.2) is 0 Å². The summed E-state index contributed by atoms with van der Waals surface area (Å²) in [6, 6.07) is 15.9. The van der Waals surface area contributed by atoms with Gasteiger partial charge in [-0.05, 0) is 69.6 Å². The van der Waals surface area contributed by atoms with Gasteiger partial charge in [-0.25, -0.2) is 22.7 Å². The van der Waals surface area contributed by atoms with Crippen molar-refractivity contribution in [3.8, 4) is 0 Å². The summed E-state index contributed by atoms with van der Waals surface area (Å²) in [6.07, 6.45) is 1.31. The number of ether oxygens (including phenoxy) is 2. The van der Waals surface area contributed by atoms with E-state index in [0.717, 1.165) is 11.8 Å². The number of carbonyl (C=O) groups excluding carboxylic acids is 4. The fraction of sp³-hybridized carbons (Fsp3) is 0.500. The number of carbonyl (C=O) groups is 4. The Morgan fingerprint density at radius 3 is 2.14 bits per heavy atom. The van der Waals surface area contributed by atoms with Gasteiger partial charge >= 0.3 is 12.1 Å². The van der Waals surface area contributed by atoms with Gasteiger partial charge in [0, 0.05) is 26.2 Å². The summed E-state index contributed by atoms with van der Waals surface area (Å²) in [5.41, 5.74) is 1.19. The van der Waals surface area contributed by atoms with Gasteiger partial charge in [0.2, 0.25) is 27.8 Å². The Morgan fingerprint density at radius 1 is 0.898 bits per heavy atom. The third-order valence-electron chi connectivity index (χ3n) is 8.75. The van der Waals surface area contributed by atoms with E-state index in [-0.39, 0.29) is 24.2 Å². The number of benzene rings is 2. The molecule has 0 radical (unpaired) electrons. The van der Waals surface area contributed by atoms with E-state index in [4.69, 9.17) is 14.9 Å². The van der Waals surface area contributed by atoms with Gasteiger partial charge in [0.1, 0.15) is 24.3 Å². The molecular weight excluding hydrogens is 652 g/mol. The summed E-state index contributed by atoms with van der Waals surface area (Å²) in [5.74, 6) is -1.22. The zero-order valence-electron chi connectivity index (χ0n) is 28.1. The maximum absolute atomic E-state index is 13.5. The van der Waals surface area contributed by atoms with E-state index in [0.29, 0.717) is 57.4 Å². The molecule has 2 unspecified atom stereocenters. The molecule has 3 amide bonds. The van der Waals surface area contributed by atoms with Crippen LogP contribution in [-0.2, 0) is 35.5 Å². The lowest BCUT2D eigenvalue weighted by Gasteiger charge is -2.34. The van der Waals surface area contributed by atoms with Gasteiger partial charge in [-0.3, -0.25) is 20.3 Å². The molecule has 0 aliphatic carbocycles. The smallest absolute Gasteiger partial charge is 0.414 e. The third-order valence-corrected chi connectivity index (χ3v) is 9.46. The second-order valence-electron chi connectivity index (χ2n) is 12.6. The SMILES string of the molecule is CC(OC(=O)NC(=N)N1CCC(CNC(=O)[C@@H]2CCCN2C(=O)[C@@H](Cc2ccccc2)NS(C)(=O)=O)CC1)C(C)OC(=O)c1ccccc1. The number of piperidine rings is 1. The first-order valence-corrected chi connectivity index (χ1v) is 18.4. The van der Waals surface area contributed by atoms with Crippen LogP contribution in [0.3, 0.4) is 0 Å². The van der Waals surface area contributed by atoms with E-state index in [2.05, 4.69) is 15.4 Å². The van der Waals surface area contributed by atoms with Crippen LogP contribution >= 0.6 is 0 Å². The minimum atomic E-state index is -3.68.